The summed E-state index contributed by atoms with van der Waals surface area (Å²) in [5.41, 5.74) is 2.76. The fourth-order valence-corrected chi connectivity index (χ4v) is 2.92. The van der Waals surface area contributed by atoms with Crippen LogP contribution in [0.15, 0.2) is 29.3 Å². The second-order valence-electron chi connectivity index (χ2n) is 6.42. The van der Waals surface area contributed by atoms with Gasteiger partial charge in [0, 0.05) is 39.3 Å². The lowest BCUT2D eigenvalue weighted by atomic mass is 10.1. The van der Waals surface area contributed by atoms with E-state index < -0.39 is 0 Å². The van der Waals surface area contributed by atoms with Crippen molar-refractivity contribution in [3.8, 4) is 0 Å². The van der Waals surface area contributed by atoms with Gasteiger partial charge >= 0.3 is 0 Å². The molecular formula is C20H34N4O. The Labute approximate surface area is 152 Å². The van der Waals surface area contributed by atoms with Crippen molar-refractivity contribution in [3.63, 3.8) is 0 Å². The van der Waals surface area contributed by atoms with Crippen LogP contribution >= 0.6 is 0 Å². The Kier molecular flexibility index (Phi) is 9.37. The number of nitrogens with one attached hydrogen (secondary N) is 2. The minimum Gasteiger partial charge on any atom is -0.379 e. The van der Waals surface area contributed by atoms with E-state index in [9.17, 15) is 0 Å². The van der Waals surface area contributed by atoms with Crippen molar-refractivity contribution in [2.24, 2.45) is 4.99 Å². The number of hydrogen-bond donors (Lipinski definition) is 2. The third-order valence-electron chi connectivity index (χ3n) is 4.49. The van der Waals surface area contributed by atoms with Crippen molar-refractivity contribution in [1.82, 2.24) is 15.5 Å². The van der Waals surface area contributed by atoms with E-state index >= 15 is 0 Å². The zero-order valence-corrected chi connectivity index (χ0v) is 15.9. The fraction of sp³-hybridized carbons (Fsp3) is 0.650. The summed E-state index contributed by atoms with van der Waals surface area (Å²) in [5.74, 6) is 0.926. The second-order valence-corrected chi connectivity index (χ2v) is 6.42. The highest BCUT2D eigenvalue weighted by atomic mass is 16.5. The molecule has 25 heavy (non-hydrogen) atoms. The van der Waals surface area contributed by atoms with Gasteiger partial charge in [-0.2, -0.15) is 0 Å². The van der Waals surface area contributed by atoms with Crippen LogP contribution in [0.25, 0.3) is 0 Å². The minimum atomic E-state index is 0.859. The van der Waals surface area contributed by atoms with E-state index in [1.165, 1.54) is 11.1 Å². The molecule has 1 aromatic carbocycles. The Balaban J connectivity index is 1.67. The van der Waals surface area contributed by atoms with Gasteiger partial charge in [-0.25, -0.2) is 0 Å². The second kappa shape index (κ2) is 11.9. The highest BCUT2D eigenvalue weighted by Crippen LogP contribution is 2.05. The predicted molar refractivity (Wildman–Crippen MR) is 105 cm³/mol. The quantitative estimate of drug-likeness (QED) is 0.408. The van der Waals surface area contributed by atoms with Gasteiger partial charge in [0.25, 0.3) is 0 Å². The highest BCUT2D eigenvalue weighted by Gasteiger charge is 2.09. The minimum absolute atomic E-state index is 0.859. The third-order valence-corrected chi connectivity index (χ3v) is 4.49. The summed E-state index contributed by atoms with van der Waals surface area (Å²) in [6.07, 6.45) is 3.21. The molecule has 2 rings (SSSR count). The molecule has 1 aliphatic heterocycles. The Morgan fingerprint density at radius 2 is 1.80 bits per heavy atom. The fourth-order valence-electron chi connectivity index (χ4n) is 2.92. The van der Waals surface area contributed by atoms with Gasteiger partial charge in [-0.3, -0.25) is 9.89 Å². The van der Waals surface area contributed by atoms with Crippen LogP contribution in [0, 0.1) is 0 Å². The van der Waals surface area contributed by atoms with Crippen molar-refractivity contribution in [3.05, 3.63) is 35.4 Å². The smallest absolute Gasteiger partial charge is 0.191 e. The van der Waals surface area contributed by atoms with Crippen molar-refractivity contribution in [2.45, 2.75) is 33.1 Å². The molecule has 1 aliphatic rings. The average molecular weight is 347 g/mol. The number of morpholine rings is 1. The Bertz CT molecular complexity index is 495. The number of rotatable bonds is 9. The molecule has 0 radical (unpaired) electrons. The molecule has 5 heteroatoms. The zero-order valence-electron chi connectivity index (χ0n) is 15.9. The van der Waals surface area contributed by atoms with Gasteiger partial charge in [-0.05, 0) is 37.3 Å². The molecule has 5 nitrogen and oxygen atoms in total. The summed E-state index contributed by atoms with van der Waals surface area (Å²) in [6, 6.07) is 8.90. The SMILES string of the molecule is CCNC(=NCCCN1CCOCC1)NCCc1ccc(CC)cc1. The first-order valence-corrected chi connectivity index (χ1v) is 9.72. The van der Waals surface area contributed by atoms with Gasteiger partial charge in [-0.1, -0.05) is 31.2 Å². The summed E-state index contributed by atoms with van der Waals surface area (Å²) in [6.45, 7) is 11.9. The van der Waals surface area contributed by atoms with Crippen molar-refractivity contribution >= 4 is 5.96 Å². The number of aryl methyl sites for hydroxylation is 1. The van der Waals surface area contributed by atoms with Gasteiger partial charge in [0.05, 0.1) is 13.2 Å². The van der Waals surface area contributed by atoms with Gasteiger partial charge in [0.1, 0.15) is 0 Å². The maximum Gasteiger partial charge on any atom is 0.191 e. The van der Waals surface area contributed by atoms with E-state index in [0.29, 0.717) is 0 Å². The summed E-state index contributed by atoms with van der Waals surface area (Å²) < 4.78 is 5.38. The monoisotopic (exact) mass is 346 g/mol. The lowest BCUT2D eigenvalue weighted by molar-refractivity contribution is 0.0377. The highest BCUT2D eigenvalue weighted by molar-refractivity contribution is 5.79. The van der Waals surface area contributed by atoms with E-state index in [4.69, 9.17) is 9.73 Å². The first-order chi connectivity index (χ1) is 12.3. The van der Waals surface area contributed by atoms with Gasteiger partial charge in [-0.15, -0.1) is 0 Å². The third kappa shape index (κ3) is 7.88. The van der Waals surface area contributed by atoms with Crippen LogP contribution < -0.4 is 10.6 Å². The number of ether oxygens (including phenoxy) is 1. The average Bonchev–Trinajstić information content (AvgIpc) is 2.66. The molecule has 0 bridgehead atoms. The normalized spacial score (nSPS) is 16.0. The summed E-state index contributed by atoms with van der Waals surface area (Å²) in [5, 5.41) is 6.77. The van der Waals surface area contributed by atoms with Crippen LogP contribution in [-0.4, -0.2) is 63.3 Å². The molecule has 140 valence electrons. The number of nitrogens with zero attached hydrogens (tertiary/aromatic N) is 2. The first-order valence-electron chi connectivity index (χ1n) is 9.72. The molecule has 2 N–H and O–H groups in total. The maximum absolute atomic E-state index is 5.38. The molecule has 1 aromatic rings. The van der Waals surface area contributed by atoms with Crippen LogP contribution in [0.1, 0.15) is 31.4 Å². The lowest BCUT2D eigenvalue weighted by Gasteiger charge is -2.26. The summed E-state index contributed by atoms with van der Waals surface area (Å²) >= 11 is 0. The number of hydrogen-bond acceptors (Lipinski definition) is 3. The van der Waals surface area contributed by atoms with E-state index in [1.807, 2.05) is 0 Å². The molecule has 0 aliphatic carbocycles. The van der Waals surface area contributed by atoms with Crippen molar-refractivity contribution in [2.75, 3.05) is 52.5 Å². The molecule has 0 unspecified atom stereocenters. The Morgan fingerprint density at radius 1 is 1.08 bits per heavy atom. The maximum atomic E-state index is 5.38. The van der Waals surface area contributed by atoms with Gasteiger partial charge in [0.15, 0.2) is 5.96 Å². The van der Waals surface area contributed by atoms with Crippen LogP contribution in [-0.2, 0) is 17.6 Å². The molecular weight excluding hydrogens is 312 g/mol. The number of benzene rings is 1. The molecule has 0 atom stereocenters. The molecule has 1 fully saturated rings. The Hall–Kier alpha value is -1.59. The molecule has 0 aromatic heterocycles. The van der Waals surface area contributed by atoms with Crippen LogP contribution in [0.4, 0.5) is 0 Å². The van der Waals surface area contributed by atoms with Gasteiger partial charge in [0.2, 0.25) is 0 Å². The molecule has 1 saturated heterocycles. The van der Waals surface area contributed by atoms with E-state index in [2.05, 4.69) is 53.6 Å². The number of guanidine groups is 1. The Morgan fingerprint density at radius 3 is 2.48 bits per heavy atom. The predicted octanol–water partition coefficient (Wildman–Crippen LogP) is 2.07. The topological polar surface area (TPSA) is 48.9 Å². The molecule has 0 spiro atoms. The molecule has 0 saturated carbocycles. The van der Waals surface area contributed by atoms with E-state index in [-0.39, 0.29) is 0 Å². The van der Waals surface area contributed by atoms with E-state index in [0.717, 1.165) is 77.7 Å². The standard InChI is InChI=1S/C20H34N4O/c1-3-18-6-8-19(9-7-18)10-12-23-20(21-4-2)22-11-5-13-24-14-16-25-17-15-24/h6-9H,3-5,10-17H2,1-2H3,(H2,21,22,23). The van der Waals surface area contributed by atoms with Gasteiger partial charge < -0.3 is 15.4 Å². The summed E-state index contributed by atoms with van der Waals surface area (Å²) in [4.78, 5) is 7.15. The molecule has 1 heterocycles. The largest absolute Gasteiger partial charge is 0.379 e. The number of aliphatic imine (C=N–C) groups is 1. The zero-order chi connectivity index (χ0) is 17.7. The first kappa shape index (κ1) is 19.7. The van der Waals surface area contributed by atoms with Crippen molar-refractivity contribution < 1.29 is 4.74 Å². The van der Waals surface area contributed by atoms with E-state index in [1.54, 1.807) is 0 Å². The molecule has 0 amide bonds. The van der Waals surface area contributed by atoms with Crippen LogP contribution in [0.3, 0.4) is 0 Å². The lowest BCUT2D eigenvalue weighted by Crippen LogP contribution is -2.39. The summed E-state index contributed by atoms with van der Waals surface area (Å²) in [7, 11) is 0. The van der Waals surface area contributed by atoms with Crippen molar-refractivity contribution in [1.29, 1.82) is 0 Å². The van der Waals surface area contributed by atoms with Crippen LogP contribution in [0.2, 0.25) is 0 Å². The van der Waals surface area contributed by atoms with Crippen LogP contribution in [0.5, 0.6) is 0 Å².